The number of carbonyl (C=O) groups is 1. The second kappa shape index (κ2) is 8.01. The molecule has 0 aliphatic carbocycles. The Morgan fingerprint density at radius 2 is 2.31 bits per heavy atom. The second-order valence-electron chi connectivity index (χ2n) is 3.05. The van der Waals surface area contributed by atoms with E-state index in [-0.39, 0.29) is 43.3 Å². The zero-order valence-electron chi connectivity index (χ0n) is 10.00. The Bertz CT molecular complexity index is 413. The molecule has 0 aromatic carbocycles. The molecule has 1 aromatic heterocycles. The van der Waals surface area contributed by atoms with Gasteiger partial charge >= 0.3 is 29.6 Å². The van der Waals surface area contributed by atoms with E-state index >= 15 is 0 Å². The molecular formula is C11H10N3NaO. The normalized spacial score (nSPS) is 12.4. The predicted molar refractivity (Wildman–Crippen MR) is 53.5 cm³/mol. The Morgan fingerprint density at radius 1 is 1.56 bits per heavy atom. The van der Waals surface area contributed by atoms with E-state index < -0.39 is 5.92 Å². The minimum Gasteiger partial charge on any atom is -1.00 e. The third-order valence-corrected chi connectivity index (χ3v) is 2.15. The van der Waals surface area contributed by atoms with Crippen LogP contribution in [0.15, 0.2) is 24.5 Å². The Labute approximate surface area is 118 Å². The van der Waals surface area contributed by atoms with E-state index in [9.17, 15) is 4.79 Å². The van der Waals surface area contributed by atoms with Crippen LogP contribution in [0, 0.1) is 28.6 Å². The molecule has 16 heavy (non-hydrogen) atoms. The minimum atomic E-state index is -0.783. The van der Waals surface area contributed by atoms with Gasteiger partial charge in [-0.1, -0.05) is 6.07 Å². The zero-order valence-corrected chi connectivity index (χ0v) is 11.0. The molecule has 4 nitrogen and oxygen atoms in total. The van der Waals surface area contributed by atoms with Crippen molar-refractivity contribution in [2.45, 2.75) is 12.3 Å². The van der Waals surface area contributed by atoms with Crippen LogP contribution in [-0.2, 0) is 4.79 Å². The molecule has 0 aliphatic heterocycles. The molecule has 0 spiro atoms. The van der Waals surface area contributed by atoms with Gasteiger partial charge in [-0.2, -0.15) is 10.5 Å². The van der Waals surface area contributed by atoms with E-state index in [1.165, 1.54) is 0 Å². The van der Waals surface area contributed by atoms with Crippen LogP contribution in [0.5, 0.6) is 0 Å². The van der Waals surface area contributed by atoms with Gasteiger partial charge in [-0.15, -0.1) is 0 Å². The summed E-state index contributed by atoms with van der Waals surface area (Å²) >= 11 is 0. The van der Waals surface area contributed by atoms with Gasteiger partial charge in [-0.25, -0.2) is 0 Å². The summed E-state index contributed by atoms with van der Waals surface area (Å²) in [5, 5.41) is 17.4. The number of aromatic nitrogens is 1. The third kappa shape index (κ3) is 3.75. The number of rotatable bonds is 4. The van der Waals surface area contributed by atoms with Crippen LogP contribution in [-0.4, -0.2) is 11.3 Å². The first kappa shape index (κ1) is 14.8. The van der Waals surface area contributed by atoms with E-state index in [2.05, 4.69) is 4.98 Å². The van der Waals surface area contributed by atoms with Crippen molar-refractivity contribution >= 4 is 6.29 Å². The fourth-order valence-electron chi connectivity index (χ4n) is 1.36. The van der Waals surface area contributed by atoms with Gasteiger partial charge in [0, 0.05) is 24.7 Å². The number of aldehydes is 1. The van der Waals surface area contributed by atoms with Crippen molar-refractivity contribution in [2.75, 3.05) is 0 Å². The molecule has 2 unspecified atom stereocenters. The smallest absolute Gasteiger partial charge is 1.00 e. The van der Waals surface area contributed by atoms with Crippen molar-refractivity contribution in [2.24, 2.45) is 5.92 Å². The van der Waals surface area contributed by atoms with Crippen molar-refractivity contribution in [3.8, 4) is 12.1 Å². The molecule has 0 saturated carbocycles. The quantitative estimate of drug-likeness (QED) is 0.461. The van der Waals surface area contributed by atoms with Gasteiger partial charge in [0.2, 0.25) is 0 Å². The summed E-state index contributed by atoms with van der Waals surface area (Å²) in [6, 6.07) is 7.35. The summed E-state index contributed by atoms with van der Waals surface area (Å²) in [5.74, 6) is -1.17. The molecule has 76 valence electrons. The Kier molecular flexibility index (Phi) is 7.41. The van der Waals surface area contributed by atoms with Crippen molar-refractivity contribution in [3.63, 3.8) is 0 Å². The first-order chi connectivity index (χ1) is 7.33. The average Bonchev–Trinajstić information content (AvgIpc) is 2.30. The molecule has 0 N–H and O–H groups in total. The van der Waals surface area contributed by atoms with Gasteiger partial charge in [0.15, 0.2) is 0 Å². The molecule has 0 amide bonds. The van der Waals surface area contributed by atoms with Crippen molar-refractivity contribution in [3.05, 3.63) is 30.1 Å². The maximum absolute atomic E-state index is 10.7. The van der Waals surface area contributed by atoms with Gasteiger partial charge in [-0.3, -0.25) is 4.98 Å². The Hall–Kier alpha value is -1.20. The zero-order chi connectivity index (χ0) is 11.1. The molecule has 2 atom stereocenters. The first-order valence-electron chi connectivity index (χ1n) is 4.45. The van der Waals surface area contributed by atoms with E-state index in [1.807, 2.05) is 12.1 Å². The maximum atomic E-state index is 10.7. The standard InChI is InChI=1S/C11H9N3O.Na.H/c12-4-3-11(10(6-13)8-15)9-2-1-5-14-7-9;;/h1-2,5,7-8,10-11H,3H2;;/q;+1;-1. The number of carbonyl (C=O) groups excluding carboxylic acids is 1. The van der Waals surface area contributed by atoms with Crippen LogP contribution < -0.4 is 29.6 Å². The third-order valence-electron chi connectivity index (χ3n) is 2.15. The monoisotopic (exact) mass is 223 g/mol. The molecule has 0 fully saturated rings. The SMILES string of the molecule is N#CCC(c1cccnc1)C(C#N)C=O.[H-].[Na+]. The minimum absolute atomic E-state index is 0. The van der Waals surface area contributed by atoms with Crippen molar-refractivity contribution < 1.29 is 35.8 Å². The fraction of sp³-hybridized carbons (Fsp3) is 0.273. The largest absolute Gasteiger partial charge is 1.00 e. The van der Waals surface area contributed by atoms with E-state index in [0.717, 1.165) is 5.56 Å². The predicted octanol–water partition coefficient (Wildman–Crippen LogP) is -1.47. The van der Waals surface area contributed by atoms with Crippen LogP contribution in [0.4, 0.5) is 0 Å². The molecule has 0 saturated heterocycles. The van der Waals surface area contributed by atoms with Crippen LogP contribution in [0.2, 0.25) is 0 Å². The Balaban J connectivity index is 0. The topological polar surface area (TPSA) is 77.5 Å². The summed E-state index contributed by atoms with van der Waals surface area (Å²) in [5.41, 5.74) is 0.748. The molecule has 1 rings (SSSR count). The number of nitrogens with zero attached hydrogens (tertiary/aromatic N) is 3. The number of hydrogen-bond donors (Lipinski definition) is 0. The summed E-state index contributed by atoms with van der Waals surface area (Å²) in [6.45, 7) is 0. The van der Waals surface area contributed by atoms with Gasteiger partial charge in [0.05, 0.1) is 12.1 Å². The molecule has 5 heteroatoms. The number of pyridine rings is 1. The van der Waals surface area contributed by atoms with Crippen molar-refractivity contribution in [1.29, 1.82) is 10.5 Å². The molecule has 0 aliphatic rings. The molecule has 0 radical (unpaired) electrons. The molecule has 0 bridgehead atoms. The molecular weight excluding hydrogens is 213 g/mol. The Morgan fingerprint density at radius 3 is 2.75 bits per heavy atom. The summed E-state index contributed by atoms with van der Waals surface area (Å²) in [7, 11) is 0. The van der Waals surface area contributed by atoms with Gasteiger partial charge < -0.3 is 6.22 Å². The van der Waals surface area contributed by atoms with Gasteiger partial charge in [0.25, 0.3) is 0 Å². The van der Waals surface area contributed by atoms with Crippen molar-refractivity contribution in [1.82, 2.24) is 4.98 Å². The number of nitriles is 2. The van der Waals surface area contributed by atoms with Crippen LogP contribution in [0.1, 0.15) is 19.3 Å². The van der Waals surface area contributed by atoms with E-state index in [1.54, 1.807) is 24.5 Å². The molecule has 1 aromatic rings. The second-order valence-corrected chi connectivity index (χ2v) is 3.05. The fourth-order valence-corrected chi connectivity index (χ4v) is 1.36. The first-order valence-corrected chi connectivity index (χ1v) is 4.45. The molecule has 1 heterocycles. The summed E-state index contributed by atoms with van der Waals surface area (Å²) in [6.07, 6.45) is 3.91. The average molecular weight is 223 g/mol. The van der Waals surface area contributed by atoms with Crippen LogP contribution in [0.25, 0.3) is 0 Å². The van der Waals surface area contributed by atoms with Crippen LogP contribution >= 0.6 is 0 Å². The van der Waals surface area contributed by atoms with Gasteiger partial charge in [-0.05, 0) is 11.6 Å². The summed E-state index contributed by atoms with van der Waals surface area (Å²) in [4.78, 5) is 14.6. The van der Waals surface area contributed by atoms with E-state index in [4.69, 9.17) is 10.5 Å². The van der Waals surface area contributed by atoms with Gasteiger partial charge in [0.1, 0.15) is 12.2 Å². The summed E-state index contributed by atoms with van der Waals surface area (Å²) < 4.78 is 0. The van der Waals surface area contributed by atoms with E-state index in [0.29, 0.717) is 6.29 Å². The number of hydrogen-bond acceptors (Lipinski definition) is 4. The van der Waals surface area contributed by atoms with Crippen LogP contribution in [0.3, 0.4) is 0 Å². The maximum Gasteiger partial charge on any atom is 1.00 e.